The molecule has 0 bridgehead atoms. The van der Waals surface area contributed by atoms with Gasteiger partial charge < -0.3 is 10.1 Å². The van der Waals surface area contributed by atoms with Crippen LogP contribution in [0.3, 0.4) is 0 Å². The standard InChI is InChI=1S/C15H10ClF3INO2/c16-9-5-6-13(23-8-15(17,18)19)12(7-9)21-14(22)10-3-1-2-4-11(10)20/h1-7H,8H2,(H,21,22). The predicted octanol–water partition coefficient (Wildman–Crippen LogP) is 5.14. The van der Waals surface area contributed by atoms with Crippen molar-refractivity contribution in [3.63, 3.8) is 0 Å². The zero-order valence-electron chi connectivity index (χ0n) is 11.5. The molecule has 0 aliphatic carbocycles. The number of carbonyl (C=O) groups excluding carboxylic acids is 1. The second-order valence-corrected chi connectivity index (χ2v) is 6.08. The molecule has 3 nitrogen and oxygen atoms in total. The van der Waals surface area contributed by atoms with E-state index in [1.807, 2.05) is 22.6 Å². The van der Waals surface area contributed by atoms with Crippen LogP contribution in [0.25, 0.3) is 0 Å². The Hall–Kier alpha value is -1.48. The van der Waals surface area contributed by atoms with Crippen LogP contribution in [0.4, 0.5) is 18.9 Å². The maximum atomic E-state index is 12.3. The lowest BCUT2D eigenvalue weighted by Crippen LogP contribution is -2.20. The van der Waals surface area contributed by atoms with Crippen LogP contribution >= 0.6 is 34.2 Å². The van der Waals surface area contributed by atoms with E-state index >= 15 is 0 Å². The van der Waals surface area contributed by atoms with E-state index in [1.54, 1.807) is 24.3 Å². The van der Waals surface area contributed by atoms with Gasteiger partial charge in [-0.3, -0.25) is 4.79 Å². The molecule has 23 heavy (non-hydrogen) atoms. The highest BCUT2D eigenvalue weighted by Gasteiger charge is 2.29. The summed E-state index contributed by atoms with van der Waals surface area (Å²) in [5, 5.41) is 2.79. The van der Waals surface area contributed by atoms with E-state index in [4.69, 9.17) is 16.3 Å². The number of alkyl halides is 3. The van der Waals surface area contributed by atoms with Crippen molar-refractivity contribution in [3.8, 4) is 5.75 Å². The Bertz CT molecular complexity index is 722. The lowest BCUT2D eigenvalue weighted by atomic mass is 10.2. The minimum atomic E-state index is -4.48. The highest BCUT2D eigenvalue weighted by molar-refractivity contribution is 14.1. The third-order valence-corrected chi connectivity index (χ3v) is 3.88. The Morgan fingerprint density at radius 1 is 1.22 bits per heavy atom. The topological polar surface area (TPSA) is 38.3 Å². The fraction of sp³-hybridized carbons (Fsp3) is 0.133. The molecule has 0 spiro atoms. The number of nitrogens with one attached hydrogen (secondary N) is 1. The van der Waals surface area contributed by atoms with E-state index in [9.17, 15) is 18.0 Å². The molecule has 0 aliphatic heterocycles. The third-order valence-electron chi connectivity index (χ3n) is 2.70. The van der Waals surface area contributed by atoms with Gasteiger partial charge in [0.25, 0.3) is 5.91 Å². The lowest BCUT2D eigenvalue weighted by Gasteiger charge is -2.14. The zero-order chi connectivity index (χ0) is 17.0. The molecular weight excluding hydrogens is 446 g/mol. The largest absolute Gasteiger partial charge is 0.482 e. The SMILES string of the molecule is O=C(Nc1cc(Cl)ccc1OCC(F)(F)F)c1ccccc1I. The Kier molecular flexibility index (Phi) is 5.74. The number of hydrogen-bond acceptors (Lipinski definition) is 2. The fourth-order valence-electron chi connectivity index (χ4n) is 1.72. The van der Waals surface area contributed by atoms with Gasteiger partial charge in [0, 0.05) is 8.59 Å². The average molecular weight is 456 g/mol. The molecule has 2 aromatic carbocycles. The first-order valence-corrected chi connectivity index (χ1v) is 7.77. The van der Waals surface area contributed by atoms with Gasteiger partial charge in [-0.05, 0) is 52.9 Å². The molecule has 0 atom stereocenters. The zero-order valence-corrected chi connectivity index (χ0v) is 14.4. The lowest BCUT2D eigenvalue weighted by molar-refractivity contribution is -0.153. The average Bonchev–Trinajstić information content (AvgIpc) is 2.45. The van der Waals surface area contributed by atoms with E-state index in [1.165, 1.54) is 18.2 Å². The molecule has 0 saturated heterocycles. The van der Waals surface area contributed by atoms with Gasteiger partial charge in [0.2, 0.25) is 0 Å². The molecule has 0 radical (unpaired) electrons. The van der Waals surface area contributed by atoms with Crippen molar-refractivity contribution in [1.82, 2.24) is 0 Å². The van der Waals surface area contributed by atoms with Crippen LogP contribution in [0.1, 0.15) is 10.4 Å². The second kappa shape index (κ2) is 7.39. The number of hydrogen-bond donors (Lipinski definition) is 1. The molecular formula is C15H10ClF3INO2. The van der Waals surface area contributed by atoms with E-state index < -0.39 is 18.7 Å². The van der Waals surface area contributed by atoms with Gasteiger partial charge >= 0.3 is 6.18 Å². The molecule has 0 unspecified atom stereocenters. The highest BCUT2D eigenvalue weighted by atomic mass is 127. The summed E-state index contributed by atoms with van der Waals surface area (Å²) in [6, 6.07) is 10.8. The Labute approximate surface area is 148 Å². The molecule has 0 fully saturated rings. The van der Waals surface area contributed by atoms with E-state index in [2.05, 4.69) is 5.32 Å². The van der Waals surface area contributed by atoms with Crippen LogP contribution < -0.4 is 10.1 Å². The van der Waals surface area contributed by atoms with Gasteiger partial charge in [-0.2, -0.15) is 13.2 Å². The van der Waals surface area contributed by atoms with Gasteiger partial charge in [0.15, 0.2) is 6.61 Å². The summed E-state index contributed by atoms with van der Waals surface area (Å²) in [6.45, 7) is -1.46. The summed E-state index contributed by atoms with van der Waals surface area (Å²) in [5.74, 6) is -0.569. The van der Waals surface area contributed by atoms with Gasteiger partial charge in [0.1, 0.15) is 5.75 Å². The minimum absolute atomic E-state index is 0.0754. The third kappa shape index (κ3) is 5.28. The smallest absolute Gasteiger partial charge is 0.422 e. The molecule has 2 aromatic rings. The van der Waals surface area contributed by atoms with Crippen molar-refractivity contribution >= 4 is 45.8 Å². The number of amides is 1. The first kappa shape index (κ1) is 17.9. The predicted molar refractivity (Wildman–Crippen MR) is 90.1 cm³/mol. The van der Waals surface area contributed by atoms with Crippen LogP contribution in [0.2, 0.25) is 5.02 Å². The summed E-state index contributed by atoms with van der Waals surface area (Å²) in [4.78, 5) is 12.3. The van der Waals surface area contributed by atoms with Gasteiger partial charge in [-0.15, -0.1) is 0 Å². The number of anilines is 1. The molecule has 122 valence electrons. The van der Waals surface area contributed by atoms with Gasteiger partial charge in [-0.1, -0.05) is 23.7 Å². The summed E-state index contributed by atoms with van der Waals surface area (Å²) < 4.78 is 42.3. The number of carbonyl (C=O) groups is 1. The molecule has 8 heteroatoms. The Balaban J connectivity index is 2.23. The first-order valence-electron chi connectivity index (χ1n) is 6.31. The second-order valence-electron chi connectivity index (χ2n) is 4.48. The van der Waals surface area contributed by atoms with Crippen LogP contribution in [0.5, 0.6) is 5.75 Å². The van der Waals surface area contributed by atoms with Crippen molar-refractivity contribution in [2.24, 2.45) is 0 Å². The quantitative estimate of drug-likeness (QED) is 0.649. The van der Waals surface area contributed by atoms with Crippen LogP contribution in [-0.2, 0) is 0 Å². The van der Waals surface area contributed by atoms with Gasteiger partial charge in [0.05, 0.1) is 11.3 Å². The summed E-state index contributed by atoms with van der Waals surface area (Å²) >= 11 is 7.83. The monoisotopic (exact) mass is 455 g/mol. The van der Waals surface area contributed by atoms with E-state index in [-0.39, 0.29) is 16.5 Å². The van der Waals surface area contributed by atoms with Crippen molar-refractivity contribution in [3.05, 3.63) is 56.6 Å². The van der Waals surface area contributed by atoms with Crippen molar-refractivity contribution in [2.75, 3.05) is 11.9 Å². The molecule has 0 aliphatic rings. The number of halogens is 5. The Morgan fingerprint density at radius 2 is 1.91 bits per heavy atom. The summed E-state index contributed by atoms with van der Waals surface area (Å²) in [5.41, 5.74) is 0.473. The molecule has 0 saturated carbocycles. The van der Waals surface area contributed by atoms with Crippen molar-refractivity contribution in [1.29, 1.82) is 0 Å². The van der Waals surface area contributed by atoms with Crippen LogP contribution in [0.15, 0.2) is 42.5 Å². The van der Waals surface area contributed by atoms with E-state index in [0.29, 0.717) is 9.13 Å². The maximum Gasteiger partial charge on any atom is 0.422 e. The van der Waals surface area contributed by atoms with Gasteiger partial charge in [-0.25, -0.2) is 0 Å². The fourth-order valence-corrected chi connectivity index (χ4v) is 2.52. The number of rotatable bonds is 4. The van der Waals surface area contributed by atoms with Crippen LogP contribution in [0, 0.1) is 3.57 Å². The van der Waals surface area contributed by atoms with Crippen LogP contribution in [-0.4, -0.2) is 18.7 Å². The summed E-state index contributed by atoms with van der Waals surface area (Å²) in [7, 11) is 0. The molecule has 1 N–H and O–H groups in total. The highest BCUT2D eigenvalue weighted by Crippen LogP contribution is 2.30. The molecule has 0 aromatic heterocycles. The molecule has 2 rings (SSSR count). The van der Waals surface area contributed by atoms with E-state index in [0.717, 1.165) is 0 Å². The normalized spacial score (nSPS) is 11.2. The van der Waals surface area contributed by atoms with Crippen molar-refractivity contribution < 1.29 is 22.7 Å². The minimum Gasteiger partial charge on any atom is -0.482 e. The van der Waals surface area contributed by atoms with Crippen molar-refractivity contribution in [2.45, 2.75) is 6.18 Å². The first-order chi connectivity index (χ1) is 10.8. The summed E-state index contributed by atoms with van der Waals surface area (Å²) in [6.07, 6.45) is -4.48. The number of ether oxygens (including phenoxy) is 1. The number of benzene rings is 2. The molecule has 0 heterocycles. The Morgan fingerprint density at radius 3 is 2.57 bits per heavy atom. The molecule has 1 amide bonds. The maximum absolute atomic E-state index is 12.3.